The second kappa shape index (κ2) is 5.66. The van der Waals surface area contributed by atoms with Crippen LogP contribution in [0.15, 0.2) is 55.9 Å². The van der Waals surface area contributed by atoms with Gasteiger partial charge in [0.25, 0.3) is 0 Å². The van der Waals surface area contributed by atoms with E-state index < -0.39 is 0 Å². The van der Waals surface area contributed by atoms with E-state index in [1.54, 1.807) is 0 Å². The van der Waals surface area contributed by atoms with Gasteiger partial charge in [-0.15, -0.1) is 0 Å². The Morgan fingerprint density at radius 2 is 1.81 bits per heavy atom. The van der Waals surface area contributed by atoms with Gasteiger partial charge in [-0.1, -0.05) is 61.3 Å². The molecule has 1 heterocycles. The maximum absolute atomic E-state index is 6.01. The topological polar surface area (TPSA) is 52.0 Å². The van der Waals surface area contributed by atoms with Crippen LogP contribution in [0.3, 0.4) is 0 Å². The molecule has 0 atom stereocenters. The standard InChI is InChI=1S/C16H12Br2N2O/c1-9-6-7-10(17)8-12(9)15-14(16(19)21-20-15)11-4-2-3-5-13(11)18/h2-8H,19H2,1H3. The lowest BCUT2D eigenvalue weighted by atomic mass is 9.98. The molecule has 5 heteroatoms. The van der Waals surface area contributed by atoms with Crippen molar-refractivity contribution in [1.82, 2.24) is 5.16 Å². The summed E-state index contributed by atoms with van der Waals surface area (Å²) < 4.78 is 7.19. The number of hydrogen-bond donors (Lipinski definition) is 1. The van der Waals surface area contributed by atoms with Crippen LogP contribution in [-0.2, 0) is 0 Å². The Bertz CT molecular complexity index is 812. The molecule has 0 radical (unpaired) electrons. The zero-order chi connectivity index (χ0) is 15.0. The van der Waals surface area contributed by atoms with E-state index in [2.05, 4.69) is 37.0 Å². The number of aryl methyl sites for hydroxylation is 1. The second-order valence-corrected chi connectivity index (χ2v) is 6.48. The average molecular weight is 408 g/mol. The molecular weight excluding hydrogens is 396 g/mol. The van der Waals surface area contributed by atoms with Crippen LogP contribution in [0.4, 0.5) is 5.88 Å². The molecule has 0 aliphatic carbocycles. The zero-order valence-electron chi connectivity index (χ0n) is 11.2. The summed E-state index contributed by atoms with van der Waals surface area (Å²) in [4.78, 5) is 0. The van der Waals surface area contributed by atoms with E-state index in [4.69, 9.17) is 10.3 Å². The fourth-order valence-corrected chi connectivity index (χ4v) is 3.10. The summed E-state index contributed by atoms with van der Waals surface area (Å²) in [5, 5.41) is 4.16. The number of rotatable bonds is 2. The van der Waals surface area contributed by atoms with Crippen molar-refractivity contribution in [3.05, 3.63) is 57.0 Å². The van der Waals surface area contributed by atoms with Gasteiger partial charge in [-0.25, -0.2) is 0 Å². The number of benzene rings is 2. The first kappa shape index (κ1) is 14.4. The molecule has 0 fully saturated rings. The van der Waals surface area contributed by atoms with Crippen molar-refractivity contribution in [2.75, 3.05) is 5.73 Å². The number of halogens is 2. The third kappa shape index (κ3) is 2.63. The van der Waals surface area contributed by atoms with Crippen molar-refractivity contribution in [1.29, 1.82) is 0 Å². The number of anilines is 1. The molecule has 2 aromatic carbocycles. The van der Waals surface area contributed by atoms with Gasteiger partial charge in [0.15, 0.2) is 0 Å². The Kier molecular flexibility index (Phi) is 3.87. The molecule has 21 heavy (non-hydrogen) atoms. The van der Waals surface area contributed by atoms with Crippen molar-refractivity contribution >= 4 is 37.7 Å². The minimum absolute atomic E-state index is 0.316. The predicted octanol–water partition coefficient (Wildman–Crippen LogP) is 5.42. The number of nitrogens with zero attached hydrogens (tertiary/aromatic N) is 1. The molecule has 3 rings (SSSR count). The van der Waals surface area contributed by atoms with Gasteiger partial charge in [0.2, 0.25) is 5.88 Å². The first-order valence-corrected chi connectivity index (χ1v) is 7.93. The van der Waals surface area contributed by atoms with E-state index in [1.807, 2.05) is 49.4 Å². The summed E-state index contributed by atoms with van der Waals surface area (Å²) in [5.41, 5.74) is 10.6. The molecule has 3 aromatic rings. The lowest BCUT2D eigenvalue weighted by Crippen LogP contribution is -1.90. The molecule has 0 aliphatic heterocycles. The summed E-state index contributed by atoms with van der Waals surface area (Å²) in [6, 6.07) is 13.9. The predicted molar refractivity (Wildman–Crippen MR) is 91.9 cm³/mol. The molecular formula is C16H12Br2N2O. The smallest absolute Gasteiger partial charge is 0.230 e. The Hall–Kier alpha value is -1.59. The van der Waals surface area contributed by atoms with Crippen molar-refractivity contribution in [2.45, 2.75) is 6.92 Å². The number of nitrogens with two attached hydrogens (primary N) is 1. The van der Waals surface area contributed by atoms with Crippen LogP contribution < -0.4 is 5.73 Å². The van der Waals surface area contributed by atoms with Crippen LogP contribution in [0.5, 0.6) is 0 Å². The van der Waals surface area contributed by atoms with Gasteiger partial charge in [-0.3, -0.25) is 0 Å². The van der Waals surface area contributed by atoms with Crippen molar-refractivity contribution in [3.63, 3.8) is 0 Å². The van der Waals surface area contributed by atoms with Gasteiger partial charge in [-0.05, 0) is 30.7 Å². The van der Waals surface area contributed by atoms with Gasteiger partial charge < -0.3 is 10.3 Å². The largest absolute Gasteiger partial charge is 0.367 e. The summed E-state index contributed by atoms with van der Waals surface area (Å²) in [6.45, 7) is 2.04. The Morgan fingerprint density at radius 3 is 2.57 bits per heavy atom. The highest BCUT2D eigenvalue weighted by Gasteiger charge is 2.20. The Balaban J connectivity index is 2.27. The normalized spacial score (nSPS) is 10.8. The lowest BCUT2D eigenvalue weighted by Gasteiger charge is -2.08. The maximum atomic E-state index is 6.01. The molecule has 0 amide bonds. The van der Waals surface area contributed by atoms with Crippen LogP contribution >= 0.6 is 31.9 Å². The first-order valence-electron chi connectivity index (χ1n) is 6.34. The highest BCUT2D eigenvalue weighted by Crippen LogP contribution is 2.40. The SMILES string of the molecule is Cc1ccc(Br)cc1-c1noc(N)c1-c1ccccc1Br. The Labute approximate surface area is 139 Å². The van der Waals surface area contributed by atoms with Crippen LogP contribution in [0.25, 0.3) is 22.4 Å². The van der Waals surface area contributed by atoms with Gasteiger partial charge >= 0.3 is 0 Å². The molecule has 0 spiro atoms. The third-order valence-electron chi connectivity index (χ3n) is 3.32. The van der Waals surface area contributed by atoms with Crippen LogP contribution in [-0.4, -0.2) is 5.16 Å². The summed E-state index contributed by atoms with van der Waals surface area (Å²) in [5.74, 6) is 0.316. The van der Waals surface area contributed by atoms with Crippen molar-refractivity contribution in [2.24, 2.45) is 0 Å². The Morgan fingerprint density at radius 1 is 1.05 bits per heavy atom. The van der Waals surface area contributed by atoms with E-state index in [0.717, 1.165) is 36.9 Å². The van der Waals surface area contributed by atoms with E-state index in [9.17, 15) is 0 Å². The first-order chi connectivity index (χ1) is 10.1. The molecule has 106 valence electrons. The molecule has 0 bridgehead atoms. The zero-order valence-corrected chi connectivity index (χ0v) is 14.4. The molecule has 0 saturated carbocycles. The van der Waals surface area contributed by atoms with Gasteiger partial charge in [0.1, 0.15) is 5.69 Å². The van der Waals surface area contributed by atoms with Crippen molar-refractivity contribution < 1.29 is 4.52 Å². The number of aromatic nitrogens is 1. The second-order valence-electron chi connectivity index (χ2n) is 4.71. The minimum atomic E-state index is 0.316. The van der Waals surface area contributed by atoms with Crippen LogP contribution in [0.2, 0.25) is 0 Å². The maximum Gasteiger partial charge on any atom is 0.230 e. The highest BCUT2D eigenvalue weighted by atomic mass is 79.9. The highest BCUT2D eigenvalue weighted by molar-refractivity contribution is 9.10. The monoisotopic (exact) mass is 406 g/mol. The minimum Gasteiger partial charge on any atom is -0.367 e. The summed E-state index contributed by atoms with van der Waals surface area (Å²) >= 11 is 7.05. The number of hydrogen-bond acceptors (Lipinski definition) is 3. The molecule has 0 saturated heterocycles. The van der Waals surface area contributed by atoms with E-state index in [0.29, 0.717) is 5.88 Å². The van der Waals surface area contributed by atoms with E-state index >= 15 is 0 Å². The van der Waals surface area contributed by atoms with Crippen LogP contribution in [0.1, 0.15) is 5.56 Å². The van der Waals surface area contributed by atoms with E-state index in [1.165, 1.54) is 0 Å². The molecule has 0 aliphatic rings. The summed E-state index contributed by atoms with van der Waals surface area (Å²) in [6.07, 6.45) is 0. The fraction of sp³-hybridized carbons (Fsp3) is 0.0625. The number of nitrogen functional groups attached to an aromatic ring is 1. The summed E-state index contributed by atoms with van der Waals surface area (Å²) in [7, 11) is 0. The quantitative estimate of drug-likeness (QED) is 0.616. The third-order valence-corrected chi connectivity index (χ3v) is 4.50. The molecule has 1 aromatic heterocycles. The lowest BCUT2D eigenvalue weighted by molar-refractivity contribution is 0.439. The molecule has 2 N–H and O–H groups in total. The van der Waals surface area contributed by atoms with Crippen molar-refractivity contribution in [3.8, 4) is 22.4 Å². The van der Waals surface area contributed by atoms with Gasteiger partial charge in [0, 0.05) is 20.1 Å². The van der Waals surface area contributed by atoms with Gasteiger partial charge in [0.05, 0.1) is 5.56 Å². The van der Waals surface area contributed by atoms with Crippen LogP contribution in [0, 0.1) is 6.92 Å². The molecule has 0 unspecified atom stereocenters. The average Bonchev–Trinajstić information content (AvgIpc) is 2.84. The van der Waals surface area contributed by atoms with Gasteiger partial charge in [-0.2, -0.15) is 0 Å². The fourth-order valence-electron chi connectivity index (χ4n) is 2.26. The molecule has 3 nitrogen and oxygen atoms in total. The van der Waals surface area contributed by atoms with E-state index in [-0.39, 0.29) is 0 Å².